The van der Waals surface area contributed by atoms with Gasteiger partial charge in [0.25, 0.3) is 0 Å². The van der Waals surface area contributed by atoms with Crippen molar-refractivity contribution in [3.63, 3.8) is 0 Å². The van der Waals surface area contributed by atoms with Crippen molar-refractivity contribution in [3.05, 3.63) is 52.6 Å². The average Bonchev–Trinajstić information content (AvgIpc) is 2.27. The standard InChI is InChI=1S/C17H24O/c1-13(2)6-5-7-14(3)8-10-16-11-9-15(4)12-17(16)18/h6,8-9,11-12,18H,5,7,10H2,1-4H3/b14-8+. The largest absolute Gasteiger partial charge is 0.508 e. The Balaban J connectivity index is 2.54. The summed E-state index contributed by atoms with van der Waals surface area (Å²) in [7, 11) is 0. The summed E-state index contributed by atoms with van der Waals surface area (Å²) in [5, 5.41) is 9.81. The van der Waals surface area contributed by atoms with Gasteiger partial charge in [0, 0.05) is 0 Å². The Labute approximate surface area is 111 Å². The third kappa shape index (κ3) is 5.22. The van der Waals surface area contributed by atoms with Crippen molar-refractivity contribution in [2.75, 3.05) is 0 Å². The fraction of sp³-hybridized carbons (Fsp3) is 0.412. The van der Waals surface area contributed by atoms with Crippen LogP contribution in [0, 0.1) is 6.92 Å². The molecule has 0 spiro atoms. The SMILES string of the molecule is CC(C)=CCC/C(C)=C/Cc1ccc(C)cc1O. The van der Waals surface area contributed by atoms with Crippen LogP contribution in [-0.2, 0) is 6.42 Å². The highest BCUT2D eigenvalue weighted by atomic mass is 16.3. The predicted octanol–water partition coefficient (Wildman–Crippen LogP) is 4.94. The lowest BCUT2D eigenvalue weighted by atomic mass is 10.0. The number of hydrogen-bond donors (Lipinski definition) is 1. The fourth-order valence-corrected chi connectivity index (χ4v) is 1.82. The van der Waals surface area contributed by atoms with Crippen LogP contribution < -0.4 is 0 Å². The number of rotatable bonds is 5. The quantitative estimate of drug-likeness (QED) is 0.728. The lowest BCUT2D eigenvalue weighted by Gasteiger charge is -2.04. The fourth-order valence-electron chi connectivity index (χ4n) is 1.82. The first-order chi connectivity index (χ1) is 8.49. The number of hydrogen-bond acceptors (Lipinski definition) is 1. The molecule has 0 aliphatic rings. The van der Waals surface area contributed by atoms with Crippen LogP contribution >= 0.6 is 0 Å². The van der Waals surface area contributed by atoms with Crippen molar-refractivity contribution in [2.24, 2.45) is 0 Å². The van der Waals surface area contributed by atoms with Gasteiger partial charge in [0.2, 0.25) is 0 Å². The molecular formula is C17H24O. The molecule has 0 atom stereocenters. The Morgan fingerprint density at radius 1 is 1.17 bits per heavy atom. The van der Waals surface area contributed by atoms with Crippen LogP contribution in [0.1, 0.15) is 44.7 Å². The minimum Gasteiger partial charge on any atom is -0.508 e. The maximum atomic E-state index is 9.81. The summed E-state index contributed by atoms with van der Waals surface area (Å²) in [6, 6.07) is 5.87. The van der Waals surface area contributed by atoms with Gasteiger partial charge in [0.05, 0.1) is 0 Å². The monoisotopic (exact) mass is 244 g/mol. The highest BCUT2D eigenvalue weighted by Crippen LogP contribution is 2.20. The van der Waals surface area contributed by atoms with Crippen molar-refractivity contribution < 1.29 is 5.11 Å². The van der Waals surface area contributed by atoms with E-state index in [0.29, 0.717) is 5.75 Å². The second kappa shape index (κ2) is 7.05. The van der Waals surface area contributed by atoms with Gasteiger partial charge in [-0.25, -0.2) is 0 Å². The molecule has 0 saturated heterocycles. The van der Waals surface area contributed by atoms with Gasteiger partial charge in [0.1, 0.15) is 5.75 Å². The molecule has 0 unspecified atom stereocenters. The number of phenolic OH excluding ortho intramolecular Hbond substituents is 1. The molecule has 98 valence electrons. The lowest BCUT2D eigenvalue weighted by molar-refractivity contribution is 0.469. The van der Waals surface area contributed by atoms with E-state index in [1.54, 1.807) is 0 Å². The Kier molecular flexibility index (Phi) is 5.70. The number of phenols is 1. The van der Waals surface area contributed by atoms with Crippen molar-refractivity contribution in [3.8, 4) is 5.75 Å². The molecule has 1 heteroatoms. The molecule has 0 aliphatic heterocycles. The average molecular weight is 244 g/mol. The van der Waals surface area contributed by atoms with E-state index in [4.69, 9.17) is 0 Å². The molecule has 18 heavy (non-hydrogen) atoms. The van der Waals surface area contributed by atoms with Gasteiger partial charge in [-0.15, -0.1) is 0 Å². The first-order valence-electron chi connectivity index (χ1n) is 6.56. The molecule has 0 fully saturated rings. The summed E-state index contributed by atoms with van der Waals surface area (Å²) in [4.78, 5) is 0. The van der Waals surface area contributed by atoms with Gasteiger partial charge in [-0.3, -0.25) is 0 Å². The second-order valence-electron chi connectivity index (χ2n) is 5.21. The van der Waals surface area contributed by atoms with E-state index in [9.17, 15) is 5.11 Å². The zero-order chi connectivity index (χ0) is 13.5. The molecule has 0 radical (unpaired) electrons. The topological polar surface area (TPSA) is 20.2 Å². The summed E-state index contributed by atoms with van der Waals surface area (Å²) >= 11 is 0. The van der Waals surface area contributed by atoms with E-state index >= 15 is 0 Å². The second-order valence-corrected chi connectivity index (χ2v) is 5.21. The minimum atomic E-state index is 0.406. The summed E-state index contributed by atoms with van der Waals surface area (Å²) in [6.45, 7) is 8.40. The van der Waals surface area contributed by atoms with Gasteiger partial charge < -0.3 is 5.11 Å². The summed E-state index contributed by atoms with van der Waals surface area (Å²) in [5.41, 5.74) is 4.86. The van der Waals surface area contributed by atoms with E-state index in [0.717, 1.165) is 30.4 Å². The first kappa shape index (κ1) is 14.6. The normalized spacial score (nSPS) is 11.4. The van der Waals surface area contributed by atoms with E-state index in [2.05, 4.69) is 32.9 Å². The Bertz CT molecular complexity index is 449. The molecule has 1 aromatic carbocycles. The number of benzene rings is 1. The highest BCUT2D eigenvalue weighted by Gasteiger charge is 1.99. The summed E-state index contributed by atoms with van der Waals surface area (Å²) in [5.74, 6) is 0.406. The Morgan fingerprint density at radius 2 is 1.89 bits per heavy atom. The van der Waals surface area contributed by atoms with Crippen LogP contribution in [0.15, 0.2) is 41.5 Å². The first-order valence-corrected chi connectivity index (χ1v) is 6.56. The smallest absolute Gasteiger partial charge is 0.119 e. The predicted molar refractivity (Wildman–Crippen MR) is 79.0 cm³/mol. The molecule has 1 aromatic rings. The van der Waals surface area contributed by atoms with E-state index < -0.39 is 0 Å². The van der Waals surface area contributed by atoms with Crippen molar-refractivity contribution >= 4 is 0 Å². The van der Waals surface area contributed by atoms with Gasteiger partial charge in [0.15, 0.2) is 0 Å². The Morgan fingerprint density at radius 3 is 2.50 bits per heavy atom. The van der Waals surface area contributed by atoms with Gasteiger partial charge in [-0.1, -0.05) is 35.4 Å². The van der Waals surface area contributed by atoms with Crippen LogP contribution in [-0.4, -0.2) is 5.11 Å². The number of aryl methyl sites for hydroxylation is 1. The summed E-state index contributed by atoms with van der Waals surface area (Å²) < 4.78 is 0. The molecule has 0 heterocycles. The van der Waals surface area contributed by atoms with Crippen LogP contribution in [0.3, 0.4) is 0 Å². The van der Waals surface area contributed by atoms with E-state index in [1.807, 2.05) is 25.1 Å². The molecule has 0 bridgehead atoms. The maximum absolute atomic E-state index is 9.81. The number of allylic oxidation sites excluding steroid dienone is 4. The zero-order valence-electron chi connectivity index (χ0n) is 12.0. The minimum absolute atomic E-state index is 0.406. The van der Waals surface area contributed by atoms with Gasteiger partial charge in [-0.05, 0) is 64.2 Å². The molecule has 1 nitrogen and oxygen atoms in total. The summed E-state index contributed by atoms with van der Waals surface area (Å²) in [6.07, 6.45) is 7.49. The number of aromatic hydroxyl groups is 1. The van der Waals surface area contributed by atoms with Crippen LogP contribution in [0.4, 0.5) is 0 Å². The third-order valence-corrected chi connectivity index (χ3v) is 3.00. The van der Waals surface area contributed by atoms with Crippen molar-refractivity contribution in [1.29, 1.82) is 0 Å². The van der Waals surface area contributed by atoms with Crippen LogP contribution in [0.2, 0.25) is 0 Å². The molecule has 0 amide bonds. The van der Waals surface area contributed by atoms with Crippen LogP contribution in [0.5, 0.6) is 5.75 Å². The van der Waals surface area contributed by atoms with E-state index in [-0.39, 0.29) is 0 Å². The molecular weight excluding hydrogens is 220 g/mol. The molecule has 1 N–H and O–H groups in total. The molecule has 0 saturated carbocycles. The maximum Gasteiger partial charge on any atom is 0.119 e. The van der Waals surface area contributed by atoms with E-state index in [1.165, 1.54) is 11.1 Å². The van der Waals surface area contributed by atoms with Crippen molar-refractivity contribution in [2.45, 2.75) is 47.0 Å². The molecule has 1 rings (SSSR count). The Hall–Kier alpha value is -1.50. The van der Waals surface area contributed by atoms with Gasteiger partial charge in [-0.2, -0.15) is 0 Å². The molecule has 0 aliphatic carbocycles. The van der Waals surface area contributed by atoms with Gasteiger partial charge >= 0.3 is 0 Å². The lowest BCUT2D eigenvalue weighted by Crippen LogP contribution is -1.86. The highest BCUT2D eigenvalue weighted by molar-refractivity contribution is 5.37. The zero-order valence-corrected chi connectivity index (χ0v) is 12.0. The molecule has 0 aromatic heterocycles. The third-order valence-electron chi connectivity index (χ3n) is 3.00. The van der Waals surface area contributed by atoms with Crippen molar-refractivity contribution in [1.82, 2.24) is 0 Å². The van der Waals surface area contributed by atoms with Crippen LogP contribution in [0.25, 0.3) is 0 Å².